The van der Waals surface area contributed by atoms with E-state index in [0.29, 0.717) is 19.4 Å². The van der Waals surface area contributed by atoms with Crippen LogP contribution in [-0.2, 0) is 16.1 Å². The molecule has 5 nitrogen and oxygen atoms in total. The van der Waals surface area contributed by atoms with Gasteiger partial charge >= 0.3 is 6.09 Å². The first-order valence-corrected chi connectivity index (χ1v) is 6.28. The average Bonchev–Trinajstić information content (AvgIpc) is 2.41. The first-order valence-electron chi connectivity index (χ1n) is 6.28. The van der Waals surface area contributed by atoms with E-state index in [1.54, 1.807) is 0 Å². The molecule has 1 amide bonds. The first-order chi connectivity index (χ1) is 9.11. The van der Waals surface area contributed by atoms with Gasteiger partial charge in [0.25, 0.3) is 0 Å². The van der Waals surface area contributed by atoms with Crippen LogP contribution in [0.2, 0.25) is 0 Å². The number of rotatable bonds is 7. The van der Waals surface area contributed by atoms with Crippen LogP contribution in [0.3, 0.4) is 0 Å². The third kappa shape index (κ3) is 6.45. The number of carbonyl (C=O) groups is 2. The summed E-state index contributed by atoms with van der Waals surface area (Å²) >= 11 is 0. The van der Waals surface area contributed by atoms with Gasteiger partial charge in [0.15, 0.2) is 0 Å². The molecule has 1 aromatic rings. The minimum absolute atomic E-state index is 0.125. The van der Waals surface area contributed by atoms with Gasteiger partial charge in [-0.15, -0.1) is 0 Å². The molecule has 0 aliphatic carbocycles. The van der Waals surface area contributed by atoms with Crippen LogP contribution in [-0.4, -0.2) is 25.5 Å². The summed E-state index contributed by atoms with van der Waals surface area (Å²) in [7, 11) is 1.85. The van der Waals surface area contributed by atoms with Crippen molar-refractivity contribution < 1.29 is 14.3 Å². The number of ketones is 1. The van der Waals surface area contributed by atoms with E-state index < -0.39 is 6.09 Å². The third-order valence-electron chi connectivity index (χ3n) is 2.59. The Labute approximate surface area is 113 Å². The summed E-state index contributed by atoms with van der Waals surface area (Å²) in [4.78, 5) is 22.1. The molecule has 0 aromatic heterocycles. The van der Waals surface area contributed by atoms with E-state index in [2.05, 4.69) is 10.6 Å². The summed E-state index contributed by atoms with van der Waals surface area (Å²) in [6.45, 7) is 2.23. The van der Waals surface area contributed by atoms with Gasteiger partial charge in [-0.25, -0.2) is 4.79 Å². The van der Waals surface area contributed by atoms with Gasteiger partial charge in [-0.3, -0.25) is 0 Å². The predicted octanol–water partition coefficient (Wildman–Crippen LogP) is 2.32. The molecular formula is C14H20N2O3. The highest BCUT2D eigenvalue weighted by molar-refractivity contribution is 5.75. The third-order valence-corrected chi connectivity index (χ3v) is 2.59. The lowest BCUT2D eigenvalue weighted by atomic mass is 10.2. The largest absolute Gasteiger partial charge is 0.445 e. The van der Waals surface area contributed by atoms with Crippen LogP contribution in [0.4, 0.5) is 10.5 Å². The van der Waals surface area contributed by atoms with E-state index >= 15 is 0 Å². The molecule has 0 saturated heterocycles. The highest BCUT2D eigenvalue weighted by atomic mass is 16.5. The molecule has 0 saturated carbocycles. The molecule has 0 fully saturated rings. The quantitative estimate of drug-likeness (QED) is 0.742. The van der Waals surface area contributed by atoms with E-state index in [1.165, 1.54) is 6.92 Å². The van der Waals surface area contributed by atoms with Gasteiger partial charge < -0.3 is 20.2 Å². The zero-order valence-corrected chi connectivity index (χ0v) is 11.4. The average molecular weight is 264 g/mol. The summed E-state index contributed by atoms with van der Waals surface area (Å²) < 4.78 is 5.05. The Bertz CT molecular complexity index is 415. The lowest BCUT2D eigenvalue weighted by Crippen LogP contribution is -2.25. The van der Waals surface area contributed by atoms with E-state index in [1.807, 2.05) is 31.3 Å². The normalized spacial score (nSPS) is 9.79. The highest BCUT2D eigenvalue weighted by Crippen LogP contribution is 2.09. The molecule has 0 atom stereocenters. The molecule has 0 spiro atoms. The Morgan fingerprint density at radius 2 is 1.89 bits per heavy atom. The SMILES string of the molecule is CNc1ccc(COC(=O)NCCCC(C)=O)cc1. The van der Waals surface area contributed by atoms with Crippen LogP contribution in [0.1, 0.15) is 25.3 Å². The van der Waals surface area contributed by atoms with E-state index in [9.17, 15) is 9.59 Å². The van der Waals surface area contributed by atoms with Gasteiger partial charge in [-0.1, -0.05) is 12.1 Å². The number of hydrogen-bond acceptors (Lipinski definition) is 4. The second-order valence-corrected chi connectivity index (χ2v) is 4.26. The second-order valence-electron chi connectivity index (χ2n) is 4.26. The molecule has 0 radical (unpaired) electrons. The number of anilines is 1. The van der Waals surface area contributed by atoms with Crippen LogP contribution >= 0.6 is 0 Å². The Balaban J connectivity index is 2.20. The minimum atomic E-state index is -0.457. The molecule has 0 unspecified atom stereocenters. The molecular weight excluding hydrogens is 244 g/mol. The van der Waals surface area contributed by atoms with Crippen LogP contribution in [0.25, 0.3) is 0 Å². The molecule has 5 heteroatoms. The monoisotopic (exact) mass is 264 g/mol. The first kappa shape index (κ1) is 15.0. The summed E-state index contributed by atoms with van der Waals surface area (Å²) in [5.74, 6) is 0.125. The minimum Gasteiger partial charge on any atom is -0.445 e. The Morgan fingerprint density at radius 3 is 2.47 bits per heavy atom. The topological polar surface area (TPSA) is 67.4 Å². The number of alkyl carbamates (subject to hydrolysis) is 1. The number of nitrogens with one attached hydrogen (secondary N) is 2. The van der Waals surface area contributed by atoms with Crippen molar-refractivity contribution in [2.75, 3.05) is 18.9 Å². The van der Waals surface area contributed by atoms with Crippen molar-refractivity contribution >= 4 is 17.6 Å². The van der Waals surface area contributed by atoms with Gasteiger partial charge in [-0.05, 0) is 31.0 Å². The molecule has 0 bridgehead atoms. The number of benzene rings is 1. The Hall–Kier alpha value is -2.04. The smallest absolute Gasteiger partial charge is 0.407 e. The highest BCUT2D eigenvalue weighted by Gasteiger charge is 2.02. The number of hydrogen-bond donors (Lipinski definition) is 2. The fraction of sp³-hybridized carbons (Fsp3) is 0.429. The van der Waals surface area contributed by atoms with Gasteiger partial charge in [0.05, 0.1) is 0 Å². The summed E-state index contributed by atoms with van der Waals surface area (Å²) in [6, 6.07) is 7.64. The summed E-state index contributed by atoms with van der Waals surface area (Å²) in [6.07, 6.45) is 0.661. The fourth-order valence-electron chi connectivity index (χ4n) is 1.50. The maximum absolute atomic E-state index is 11.4. The summed E-state index contributed by atoms with van der Waals surface area (Å²) in [5.41, 5.74) is 1.94. The number of Topliss-reactive ketones (excluding diaryl/α,β-unsaturated/α-hetero) is 1. The molecule has 19 heavy (non-hydrogen) atoms. The molecule has 2 N–H and O–H groups in total. The van der Waals surface area contributed by atoms with Crippen LogP contribution in [0, 0.1) is 0 Å². The lowest BCUT2D eigenvalue weighted by molar-refractivity contribution is -0.117. The standard InChI is InChI=1S/C14H20N2O3/c1-11(17)4-3-9-16-14(18)19-10-12-5-7-13(15-2)8-6-12/h5-8,15H,3-4,9-10H2,1-2H3,(H,16,18). The maximum Gasteiger partial charge on any atom is 0.407 e. The van der Waals surface area contributed by atoms with E-state index in [4.69, 9.17) is 4.74 Å². The van der Waals surface area contributed by atoms with E-state index in [-0.39, 0.29) is 12.4 Å². The van der Waals surface area contributed by atoms with Crippen molar-refractivity contribution in [2.45, 2.75) is 26.4 Å². The van der Waals surface area contributed by atoms with Crippen molar-refractivity contribution in [2.24, 2.45) is 0 Å². The van der Waals surface area contributed by atoms with Crippen molar-refractivity contribution in [3.8, 4) is 0 Å². The zero-order valence-electron chi connectivity index (χ0n) is 11.4. The summed E-state index contributed by atoms with van der Waals surface area (Å²) in [5, 5.41) is 5.62. The molecule has 0 aliphatic heterocycles. The molecule has 0 aliphatic rings. The van der Waals surface area contributed by atoms with Crippen LogP contribution in [0.5, 0.6) is 0 Å². The zero-order chi connectivity index (χ0) is 14.1. The van der Waals surface area contributed by atoms with Crippen molar-refractivity contribution in [3.63, 3.8) is 0 Å². The Morgan fingerprint density at radius 1 is 1.21 bits per heavy atom. The van der Waals surface area contributed by atoms with Crippen LogP contribution < -0.4 is 10.6 Å². The van der Waals surface area contributed by atoms with Gasteiger partial charge in [-0.2, -0.15) is 0 Å². The van der Waals surface area contributed by atoms with Crippen molar-refractivity contribution in [1.29, 1.82) is 0 Å². The van der Waals surface area contributed by atoms with Gasteiger partial charge in [0.2, 0.25) is 0 Å². The predicted molar refractivity (Wildman–Crippen MR) is 74.1 cm³/mol. The van der Waals surface area contributed by atoms with E-state index in [0.717, 1.165) is 11.3 Å². The molecule has 1 rings (SSSR count). The number of ether oxygens (including phenoxy) is 1. The fourth-order valence-corrected chi connectivity index (χ4v) is 1.50. The van der Waals surface area contributed by atoms with Crippen molar-refractivity contribution in [1.82, 2.24) is 5.32 Å². The molecule has 0 heterocycles. The maximum atomic E-state index is 11.4. The Kier molecular flexibility index (Phi) is 6.43. The number of amides is 1. The van der Waals surface area contributed by atoms with Gasteiger partial charge in [0, 0.05) is 25.7 Å². The van der Waals surface area contributed by atoms with Gasteiger partial charge in [0.1, 0.15) is 12.4 Å². The second kappa shape index (κ2) is 8.13. The van der Waals surface area contributed by atoms with Crippen LogP contribution in [0.15, 0.2) is 24.3 Å². The van der Waals surface area contributed by atoms with Crippen molar-refractivity contribution in [3.05, 3.63) is 29.8 Å². The lowest BCUT2D eigenvalue weighted by Gasteiger charge is -2.07. The molecule has 1 aromatic carbocycles. The number of carbonyl (C=O) groups excluding carboxylic acids is 2. The molecule has 104 valence electrons.